The number of ether oxygens (including phenoxy) is 3. The number of methoxy groups -OCH3 is 2. The van der Waals surface area contributed by atoms with Crippen LogP contribution in [-0.4, -0.2) is 66.9 Å². The standard InChI is InChI=1S/C8H16O6/c1-12-4(3-9)6-7(13-2)5(10)8(11)14-6/h4-11H,3H2,1-2H3/t4-,5-,6+,7+,8-/m0/s1. The van der Waals surface area contributed by atoms with Crippen LogP contribution in [0.4, 0.5) is 0 Å². The molecule has 5 atom stereocenters. The van der Waals surface area contributed by atoms with E-state index in [1.54, 1.807) is 0 Å². The molecule has 84 valence electrons. The van der Waals surface area contributed by atoms with E-state index in [2.05, 4.69) is 0 Å². The van der Waals surface area contributed by atoms with Gasteiger partial charge in [-0.05, 0) is 0 Å². The van der Waals surface area contributed by atoms with E-state index in [-0.39, 0.29) is 6.61 Å². The van der Waals surface area contributed by atoms with Gasteiger partial charge in [-0.2, -0.15) is 0 Å². The maximum Gasteiger partial charge on any atom is 0.184 e. The molecule has 6 nitrogen and oxygen atoms in total. The Morgan fingerprint density at radius 2 is 2.00 bits per heavy atom. The van der Waals surface area contributed by atoms with Gasteiger partial charge in [0.2, 0.25) is 0 Å². The van der Waals surface area contributed by atoms with E-state index < -0.39 is 30.7 Å². The Kier molecular flexibility index (Phi) is 4.24. The quantitative estimate of drug-likeness (QED) is 0.499. The third-order valence-electron chi connectivity index (χ3n) is 2.37. The third kappa shape index (κ3) is 2.05. The van der Waals surface area contributed by atoms with Crippen molar-refractivity contribution in [3.8, 4) is 0 Å². The molecule has 1 fully saturated rings. The Morgan fingerprint density at radius 3 is 2.43 bits per heavy atom. The van der Waals surface area contributed by atoms with Crippen LogP contribution in [-0.2, 0) is 14.2 Å². The van der Waals surface area contributed by atoms with E-state index in [9.17, 15) is 10.2 Å². The van der Waals surface area contributed by atoms with Gasteiger partial charge in [0.05, 0.1) is 6.61 Å². The minimum absolute atomic E-state index is 0.263. The zero-order valence-electron chi connectivity index (χ0n) is 8.16. The topological polar surface area (TPSA) is 88.4 Å². The second kappa shape index (κ2) is 5.01. The first-order valence-corrected chi connectivity index (χ1v) is 4.33. The average molecular weight is 208 g/mol. The summed E-state index contributed by atoms with van der Waals surface area (Å²) in [5.74, 6) is 0. The molecule has 1 rings (SSSR count). The van der Waals surface area contributed by atoms with E-state index in [0.717, 1.165) is 0 Å². The SMILES string of the molecule is CO[C@@H]1[C@H](O)[C@@H](O)O[C@@H]1[C@H](CO)OC. The summed E-state index contributed by atoms with van der Waals surface area (Å²) in [5, 5.41) is 27.6. The van der Waals surface area contributed by atoms with Crippen LogP contribution in [0, 0.1) is 0 Å². The minimum Gasteiger partial charge on any atom is -0.394 e. The van der Waals surface area contributed by atoms with Crippen LogP contribution in [0.1, 0.15) is 0 Å². The zero-order valence-corrected chi connectivity index (χ0v) is 8.16. The smallest absolute Gasteiger partial charge is 0.184 e. The van der Waals surface area contributed by atoms with Crippen LogP contribution < -0.4 is 0 Å². The highest BCUT2D eigenvalue weighted by Crippen LogP contribution is 2.25. The highest BCUT2D eigenvalue weighted by Gasteiger charge is 2.46. The lowest BCUT2D eigenvalue weighted by Crippen LogP contribution is -2.42. The summed E-state index contributed by atoms with van der Waals surface area (Å²) in [6.45, 7) is -0.263. The van der Waals surface area contributed by atoms with Gasteiger partial charge in [0.25, 0.3) is 0 Å². The van der Waals surface area contributed by atoms with Crippen LogP contribution in [0.3, 0.4) is 0 Å². The highest BCUT2D eigenvalue weighted by molar-refractivity contribution is 4.91. The summed E-state index contributed by atoms with van der Waals surface area (Å²) in [4.78, 5) is 0. The first kappa shape index (κ1) is 11.8. The molecule has 0 unspecified atom stereocenters. The highest BCUT2D eigenvalue weighted by atomic mass is 16.7. The van der Waals surface area contributed by atoms with Crippen molar-refractivity contribution in [3.63, 3.8) is 0 Å². The van der Waals surface area contributed by atoms with Crippen LogP contribution in [0.25, 0.3) is 0 Å². The molecule has 0 amide bonds. The molecular weight excluding hydrogens is 192 g/mol. The fraction of sp³-hybridized carbons (Fsp3) is 1.00. The van der Waals surface area contributed by atoms with Gasteiger partial charge in [-0.15, -0.1) is 0 Å². The molecular formula is C8H16O6. The van der Waals surface area contributed by atoms with Crippen molar-refractivity contribution in [2.75, 3.05) is 20.8 Å². The Balaban J connectivity index is 2.68. The zero-order chi connectivity index (χ0) is 10.7. The van der Waals surface area contributed by atoms with Crippen molar-refractivity contribution < 1.29 is 29.5 Å². The molecule has 6 heteroatoms. The Bertz CT molecular complexity index is 171. The third-order valence-corrected chi connectivity index (χ3v) is 2.37. The molecule has 1 heterocycles. The average Bonchev–Trinajstić information content (AvgIpc) is 2.45. The summed E-state index contributed by atoms with van der Waals surface area (Å²) in [7, 11) is 2.81. The van der Waals surface area contributed by atoms with Crippen molar-refractivity contribution in [1.29, 1.82) is 0 Å². The summed E-state index contributed by atoms with van der Waals surface area (Å²) in [5.41, 5.74) is 0. The monoisotopic (exact) mass is 208 g/mol. The lowest BCUT2D eigenvalue weighted by Gasteiger charge is -2.24. The van der Waals surface area contributed by atoms with E-state index in [0.29, 0.717) is 0 Å². The molecule has 0 spiro atoms. The van der Waals surface area contributed by atoms with Crippen LogP contribution >= 0.6 is 0 Å². The second-order valence-electron chi connectivity index (χ2n) is 3.14. The van der Waals surface area contributed by atoms with Gasteiger partial charge in [0.15, 0.2) is 6.29 Å². The minimum atomic E-state index is -1.30. The van der Waals surface area contributed by atoms with Gasteiger partial charge in [-0.25, -0.2) is 0 Å². The molecule has 0 radical (unpaired) electrons. The normalized spacial score (nSPS) is 40.1. The first-order chi connectivity index (χ1) is 6.65. The van der Waals surface area contributed by atoms with Crippen molar-refractivity contribution in [1.82, 2.24) is 0 Å². The molecule has 0 bridgehead atoms. The fourth-order valence-electron chi connectivity index (χ4n) is 1.56. The molecule has 0 aromatic rings. The van der Waals surface area contributed by atoms with Crippen LogP contribution in [0.5, 0.6) is 0 Å². The lowest BCUT2D eigenvalue weighted by atomic mass is 10.1. The Hall–Kier alpha value is -0.240. The Morgan fingerprint density at radius 1 is 1.36 bits per heavy atom. The maximum absolute atomic E-state index is 9.43. The summed E-state index contributed by atoms with van der Waals surface area (Å²) in [6, 6.07) is 0. The molecule has 0 saturated carbocycles. The summed E-state index contributed by atoms with van der Waals surface area (Å²) >= 11 is 0. The van der Waals surface area contributed by atoms with Gasteiger partial charge in [0, 0.05) is 14.2 Å². The van der Waals surface area contributed by atoms with Crippen LogP contribution in [0.2, 0.25) is 0 Å². The molecule has 1 aliphatic rings. The molecule has 0 aliphatic carbocycles. The largest absolute Gasteiger partial charge is 0.394 e. The van der Waals surface area contributed by atoms with Crippen molar-refractivity contribution in [2.24, 2.45) is 0 Å². The van der Waals surface area contributed by atoms with E-state index >= 15 is 0 Å². The first-order valence-electron chi connectivity index (χ1n) is 4.33. The predicted molar refractivity (Wildman–Crippen MR) is 45.6 cm³/mol. The van der Waals surface area contributed by atoms with E-state index in [1.807, 2.05) is 0 Å². The molecule has 3 N–H and O–H groups in total. The second-order valence-corrected chi connectivity index (χ2v) is 3.14. The van der Waals surface area contributed by atoms with Crippen LogP contribution in [0.15, 0.2) is 0 Å². The van der Waals surface area contributed by atoms with Gasteiger partial charge < -0.3 is 29.5 Å². The van der Waals surface area contributed by atoms with Gasteiger partial charge in [-0.3, -0.25) is 0 Å². The number of aliphatic hydroxyl groups is 3. The molecule has 0 aromatic heterocycles. The van der Waals surface area contributed by atoms with Crippen molar-refractivity contribution in [2.45, 2.75) is 30.7 Å². The number of hydrogen-bond donors (Lipinski definition) is 3. The lowest BCUT2D eigenvalue weighted by molar-refractivity contribution is -0.156. The number of rotatable bonds is 4. The van der Waals surface area contributed by atoms with E-state index in [1.165, 1.54) is 14.2 Å². The number of aliphatic hydroxyl groups excluding tert-OH is 3. The van der Waals surface area contributed by atoms with Crippen molar-refractivity contribution >= 4 is 0 Å². The van der Waals surface area contributed by atoms with Gasteiger partial charge >= 0.3 is 0 Å². The van der Waals surface area contributed by atoms with Gasteiger partial charge in [-0.1, -0.05) is 0 Å². The predicted octanol–water partition coefficient (Wildman–Crippen LogP) is -1.91. The molecule has 14 heavy (non-hydrogen) atoms. The van der Waals surface area contributed by atoms with E-state index in [4.69, 9.17) is 19.3 Å². The summed E-state index contributed by atoms with van der Waals surface area (Å²) in [6.07, 6.45) is -4.39. The molecule has 1 aliphatic heterocycles. The fourth-order valence-corrected chi connectivity index (χ4v) is 1.56. The maximum atomic E-state index is 9.43. The summed E-state index contributed by atoms with van der Waals surface area (Å²) < 4.78 is 14.9. The molecule has 1 saturated heterocycles. The molecule has 0 aromatic carbocycles. The van der Waals surface area contributed by atoms with Gasteiger partial charge in [0.1, 0.15) is 24.4 Å². The number of hydrogen-bond acceptors (Lipinski definition) is 6. The Labute approximate surface area is 82.0 Å². The van der Waals surface area contributed by atoms with Crippen molar-refractivity contribution in [3.05, 3.63) is 0 Å².